The Hall–Kier alpha value is -2.51. The van der Waals surface area contributed by atoms with Gasteiger partial charge in [-0.05, 0) is 49.5 Å². The highest BCUT2D eigenvalue weighted by molar-refractivity contribution is 5.83. The van der Waals surface area contributed by atoms with E-state index in [1.54, 1.807) is 0 Å². The van der Waals surface area contributed by atoms with E-state index in [1.807, 2.05) is 25.4 Å². The predicted octanol–water partition coefficient (Wildman–Crippen LogP) is 5.31. The molecule has 5 nitrogen and oxygen atoms in total. The summed E-state index contributed by atoms with van der Waals surface area (Å²) in [5.41, 5.74) is 3.15. The lowest BCUT2D eigenvalue weighted by molar-refractivity contribution is 0.0198. The molecule has 182 valence electrons. The minimum atomic E-state index is -0.535. The number of nitrogens with one attached hydrogen (secondary N) is 1. The van der Waals surface area contributed by atoms with Crippen LogP contribution in [-0.2, 0) is 6.54 Å². The molecule has 2 aromatic carbocycles. The maximum Gasteiger partial charge on any atom is 0.133 e. The third-order valence-electron chi connectivity index (χ3n) is 7.31. The molecule has 3 heterocycles. The van der Waals surface area contributed by atoms with Gasteiger partial charge in [-0.25, -0.2) is 8.78 Å². The Morgan fingerprint density at radius 2 is 1.91 bits per heavy atom. The zero-order chi connectivity index (χ0) is 24.0. The van der Waals surface area contributed by atoms with Gasteiger partial charge in [0.25, 0.3) is 0 Å². The minimum absolute atomic E-state index is 0.0122. The molecular formula is C27H34F2N4O. The summed E-state index contributed by atoms with van der Waals surface area (Å²) in [5, 5.41) is 8.22. The molecule has 2 aliphatic rings. The van der Waals surface area contributed by atoms with Gasteiger partial charge in [-0.2, -0.15) is 5.10 Å². The summed E-state index contributed by atoms with van der Waals surface area (Å²) < 4.78 is 37.3. The lowest BCUT2D eigenvalue weighted by Crippen LogP contribution is -2.53. The summed E-state index contributed by atoms with van der Waals surface area (Å²) in [4.78, 5) is 4.52. The van der Waals surface area contributed by atoms with Crippen LogP contribution in [0.4, 0.5) is 8.78 Å². The second kappa shape index (κ2) is 9.27. The molecule has 34 heavy (non-hydrogen) atoms. The third kappa shape index (κ3) is 4.20. The predicted molar refractivity (Wildman–Crippen MR) is 130 cm³/mol. The molecule has 1 aromatic heterocycles. The van der Waals surface area contributed by atoms with Crippen molar-refractivity contribution in [3.05, 3.63) is 58.8 Å². The average Bonchev–Trinajstić information content (AvgIpc) is 3.23. The third-order valence-corrected chi connectivity index (χ3v) is 7.31. The first-order valence-corrected chi connectivity index (χ1v) is 12.4. The monoisotopic (exact) mass is 468 g/mol. The Morgan fingerprint density at radius 1 is 1.18 bits per heavy atom. The van der Waals surface area contributed by atoms with Crippen LogP contribution in [0.3, 0.4) is 0 Å². The van der Waals surface area contributed by atoms with Gasteiger partial charge < -0.3 is 4.74 Å². The lowest BCUT2D eigenvalue weighted by Gasteiger charge is -2.42. The molecule has 0 unspecified atom stereocenters. The van der Waals surface area contributed by atoms with E-state index >= 15 is 8.78 Å². The first-order valence-electron chi connectivity index (χ1n) is 12.4. The number of aromatic nitrogens is 2. The number of ether oxygens (including phenoxy) is 1. The topological polar surface area (TPSA) is 44.4 Å². The van der Waals surface area contributed by atoms with E-state index < -0.39 is 17.6 Å². The molecule has 0 amide bonds. The van der Waals surface area contributed by atoms with Crippen LogP contribution in [0.15, 0.2) is 30.5 Å². The van der Waals surface area contributed by atoms with Gasteiger partial charge in [0.2, 0.25) is 0 Å². The molecule has 0 radical (unpaired) electrons. The van der Waals surface area contributed by atoms with Gasteiger partial charge in [-0.15, -0.1) is 0 Å². The molecule has 1 fully saturated rings. The number of fused-ring (bicyclic) bond motifs is 3. The summed E-state index contributed by atoms with van der Waals surface area (Å²) in [7, 11) is 2.05. The number of hydrogen-bond donors (Lipinski definition) is 1. The first kappa shape index (κ1) is 23.2. The zero-order valence-corrected chi connectivity index (χ0v) is 20.4. The number of H-pyrrole nitrogens is 1. The van der Waals surface area contributed by atoms with E-state index in [4.69, 9.17) is 4.74 Å². The Bertz CT molecular complexity index is 1150. The van der Waals surface area contributed by atoms with Gasteiger partial charge in [0.05, 0.1) is 11.7 Å². The fourth-order valence-electron chi connectivity index (χ4n) is 5.75. The number of halogens is 2. The Balaban J connectivity index is 1.52. The van der Waals surface area contributed by atoms with Gasteiger partial charge in [0.15, 0.2) is 0 Å². The van der Waals surface area contributed by atoms with Crippen molar-refractivity contribution < 1.29 is 13.5 Å². The standard InChI is InChI=1S/C27H34F2N4O/c1-5-8-33-13-18(14-33)34-17-10-22(28)27(23(29)11-17)26-19-6-7-24-20(12-30-31-24)21(19)15-32(4)25(26)9-16(2)3/h6-7,10-12,16,18,25-26H,5,8-9,13-15H2,1-4H3,(H,30,31)/t25-,26+/m0/s1. The molecule has 2 aliphatic heterocycles. The largest absolute Gasteiger partial charge is 0.488 e. The van der Waals surface area contributed by atoms with Crippen molar-refractivity contribution in [1.29, 1.82) is 0 Å². The molecule has 0 saturated carbocycles. The second-order valence-corrected chi connectivity index (χ2v) is 10.4. The first-order chi connectivity index (χ1) is 16.4. The van der Waals surface area contributed by atoms with E-state index in [-0.39, 0.29) is 23.5 Å². The summed E-state index contributed by atoms with van der Waals surface area (Å²) >= 11 is 0. The molecule has 3 aromatic rings. The molecule has 1 N–H and O–H groups in total. The minimum Gasteiger partial charge on any atom is -0.488 e. The van der Waals surface area contributed by atoms with E-state index in [9.17, 15) is 0 Å². The molecular weight excluding hydrogens is 434 g/mol. The smallest absolute Gasteiger partial charge is 0.133 e. The van der Waals surface area contributed by atoms with Crippen LogP contribution < -0.4 is 4.74 Å². The lowest BCUT2D eigenvalue weighted by atomic mass is 9.75. The quantitative estimate of drug-likeness (QED) is 0.511. The number of rotatable bonds is 7. The summed E-state index contributed by atoms with van der Waals surface area (Å²) in [6.45, 7) is 9.81. The van der Waals surface area contributed by atoms with E-state index in [0.717, 1.165) is 61.1 Å². The molecule has 0 bridgehead atoms. The van der Waals surface area contributed by atoms with Crippen molar-refractivity contribution in [2.45, 2.75) is 58.2 Å². The highest BCUT2D eigenvalue weighted by atomic mass is 19.1. The van der Waals surface area contributed by atoms with Crippen molar-refractivity contribution in [1.82, 2.24) is 20.0 Å². The molecule has 7 heteroatoms. The summed E-state index contributed by atoms with van der Waals surface area (Å²) in [6, 6.07) is 6.72. The summed E-state index contributed by atoms with van der Waals surface area (Å²) in [6.07, 6.45) is 3.73. The number of nitrogens with zero attached hydrogens (tertiary/aromatic N) is 3. The van der Waals surface area contributed by atoms with Crippen LogP contribution in [0.2, 0.25) is 0 Å². The van der Waals surface area contributed by atoms with Gasteiger partial charge in [0.1, 0.15) is 23.5 Å². The van der Waals surface area contributed by atoms with Gasteiger partial charge in [-0.3, -0.25) is 14.9 Å². The van der Waals surface area contributed by atoms with Gasteiger partial charge >= 0.3 is 0 Å². The fourth-order valence-corrected chi connectivity index (χ4v) is 5.75. The number of benzene rings is 2. The van der Waals surface area contributed by atoms with Crippen molar-refractivity contribution in [3.8, 4) is 5.75 Å². The second-order valence-electron chi connectivity index (χ2n) is 10.4. The van der Waals surface area contributed by atoms with Crippen molar-refractivity contribution in [3.63, 3.8) is 0 Å². The highest BCUT2D eigenvalue weighted by Crippen LogP contribution is 2.44. The SMILES string of the molecule is CCCN1CC(Oc2cc(F)c([C@@H]3c4ccc5[nH]ncc5c4CN(C)[C@H]3CC(C)C)c(F)c2)C1. The number of likely N-dealkylation sites (N-methyl/N-ethyl adjacent to an activating group) is 1. The van der Waals surface area contributed by atoms with E-state index in [0.29, 0.717) is 5.92 Å². The molecule has 0 aliphatic carbocycles. The van der Waals surface area contributed by atoms with Crippen LogP contribution in [0.1, 0.15) is 56.2 Å². The summed E-state index contributed by atoms with van der Waals surface area (Å²) in [5.74, 6) is -0.810. The van der Waals surface area contributed by atoms with E-state index in [2.05, 4.69) is 40.8 Å². The fraction of sp³-hybridized carbons (Fsp3) is 0.519. The van der Waals surface area contributed by atoms with Crippen LogP contribution >= 0.6 is 0 Å². The van der Waals surface area contributed by atoms with Crippen LogP contribution in [0.25, 0.3) is 10.9 Å². The molecule has 1 saturated heterocycles. The van der Waals surface area contributed by atoms with Crippen LogP contribution in [0.5, 0.6) is 5.75 Å². The van der Waals surface area contributed by atoms with Crippen molar-refractivity contribution in [2.75, 3.05) is 26.7 Å². The average molecular weight is 469 g/mol. The number of hydrogen-bond acceptors (Lipinski definition) is 4. The highest BCUT2D eigenvalue weighted by Gasteiger charge is 2.39. The molecule has 0 spiro atoms. The molecule has 2 atom stereocenters. The van der Waals surface area contributed by atoms with Crippen LogP contribution in [-0.4, -0.2) is 58.8 Å². The Morgan fingerprint density at radius 3 is 2.59 bits per heavy atom. The van der Waals surface area contributed by atoms with Crippen molar-refractivity contribution in [2.24, 2.45) is 5.92 Å². The number of likely N-dealkylation sites (tertiary alicyclic amines) is 1. The molecule has 5 rings (SSSR count). The normalized spacial score (nSPS) is 21.7. The Kier molecular flexibility index (Phi) is 6.34. The van der Waals surface area contributed by atoms with Gasteiger partial charge in [0, 0.05) is 54.7 Å². The maximum absolute atomic E-state index is 15.7. The Labute approximate surface area is 200 Å². The van der Waals surface area contributed by atoms with Crippen molar-refractivity contribution >= 4 is 10.9 Å². The number of aromatic amines is 1. The van der Waals surface area contributed by atoms with Crippen LogP contribution in [0, 0.1) is 17.6 Å². The van der Waals surface area contributed by atoms with Gasteiger partial charge in [-0.1, -0.05) is 26.8 Å². The zero-order valence-electron chi connectivity index (χ0n) is 20.4. The maximum atomic E-state index is 15.7. The van der Waals surface area contributed by atoms with E-state index in [1.165, 1.54) is 12.1 Å².